The number of aliphatic carboxylic acids is 1. The van der Waals surface area contributed by atoms with E-state index >= 15 is 0 Å². The van der Waals surface area contributed by atoms with Gasteiger partial charge in [0.15, 0.2) is 16.4 Å². The minimum Gasteiger partial charge on any atom is -0.481 e. The Bertz CT molecular complexity index is 862. The molecule has 0 aliphatic rings. The number of carboxylic acid groups (broad SMARTS) is 1. The number of ether oxygens (including phenoxy) is 1. The number of rotatable bonds is 5. The molecule has 0 radical (unpaired) electrons. The van der Waals surface area contributed by atoms with Gasteiger partial charge in [0.2, 0.25) is 0 Å². The molecule has 0 fully saturated rings. The molecule has 0 amide bonds. The smallest absolute Gasteiger partial charge is 0.341 e. The van der Waals surface area contributed by atoms with E-state index in [1.807, 2.05) is 0 Å². The van der Waals surface area contributed by atoms with Gasteiger partial charge in [-0.05, 0) is 36.4 Å². The summed E-state index contributed by atoms with van der Waals surface area (Å²) in [5.41, 5.74) is 0.798. The Kier molecular flexibility index (Phi) is 5.19. The van der Waals surface area contributed by atoms with Crippen LogP contribution in [0, 0.1) is 0 Å². The molecule has 0 aliphatic heterocycles. The quantitative estimate of drug-likeness (QED) is 0.865. The predicted octanol–water partition coefficient (Wildman–Crippen LogP) is 3.53. The Morgan fingerprint density at radius 2 is 1.83 bits per heavy atom. The van der Waals surface area contributed by atoms with Crippen LogP contribution in [0.3, 0.4) is 0 Å². The fraction of sp³-hybridized carbons (Fsp3) is 0.133. The summed E-state index contributed by atoms with van der Waals surface area (Å²) in [7, 11) is -3.43. The Morgan fingerprint density at radius 1 is 1.13 bits per heavy atom. The second-order valence-electron chi connectivity index (χ2n) is 4.74. The third-order valence-corrected chi connectivity index (χ3v) is 4.62. The number of hydrogen-bond donors (Lipinski definition) is 1. The Labute approximate surface area is 143 Å². The molecule has 0 aliphatic carbocycles. The lowest BCUT2D eigenvalue weighted by Crippen LogP contribution is -2.10. The highest BCUT2D eigenvalue weighted by Crippen LogP contribution is 2.38. The van der Waals surface area contributed by atoms with Gasteiger partial charge in [-0.15, -0.1) is 0 Å². The molecule has 0 heterocycles. The summed E-state index contributed by atoms with van der Waals surface area (Å²) in [4.78, 5) is 10.8. The monoisotopic (exact) mass is 374 g/mol. The maximum absolute atomic E-state index is 11.7. The molecule has 23 heavy (non-hydrogen) atoms. The molecule has 0 atom stereocenters. The van der Waals surface area contributed by atoms with Crippen molar-refractivity contribution in [2.75, 3.05) is 12.9 Å². The number of hydrogen-bond acceptors (Lipinski definition) is 4. The van der Waals surface area contributed by atoms with Gasteiger partial charge in [-0.1, -0.05) is 23.2 Å². The molecular formula is C15H12Cl2O5S. The van der Waals surface area contributed by atoms with Crippen molar-refractivity contribution in [3.63, 3.8) is 0 Å². The Balaban J connectivity index is 2.61. The van der Waals surface area contributed by atoms with Crippen LogP contribution in [-0.2, 0) is 14.6 Å². The summed E-state index contributed by atoms with van der Waals surface area (Å²) < 4.78 is 28.7. The van der Waals surface area contributed by atoms with Crippen LogP contribution >= 0.6 is 23.2 Å². The molecule has 122 valence electrons. The fourth-order valence-electron chi connectivity index (χ4n) is 1.92. The zero-order chi connectivity index (χ0) is 17.2. The standard InChI is InChI=1S/C15H12Cl2O5S/c1-23(20,21)10-3-4-13(17)11(7-10)12-6-9(16)2-5-14(12)22-8-15(18)19/h2-7H,8H2,1H3,(H,18,19). The highest BCUT2D eigenvalue weighted by Gasteiger charge is 2.16. The van der Waals surface area contributed by atoms with Gasteiger partial charge in [0, 0.05) is 27.4 Å². The molecule has 0 bridgehead atoms. The van der Waals surface area contributed by atoms with Crippen molar-refractivity contribution in [2.45, 2.75) is 4.90 Å². The zero-order valence-electron chi connectivity index (χ0n) is 11.9. The SMILES string of the molecule is CS(=O)(=O)c1ccc(Cl)c(-c2cc(Cl)ccc2OCC(=O)O)c1. The van der Waals surface area contributed by atoms with Crippen molar-refractivity contribution in [3.05, 3.63) is 46.4 Å². The average Bonchev–Trinajstić information content (AvgIpc) is 2.45. The van der Waals surface area contributed by atoms with Gasteiger partial charge in [0.25, 0.3) is 0 Å². The third kappa shape index (κ3) is 4.37. The van der Waals surface area contributed by atoms with Gasteiger partial charge < -0.3 is 9.84 Å². The van der Waals surface area contributed by atoms with Gasteiger partial charge in [-0.2, -0.15) is 0 Å². The van der Waals surface area contributed by atoms with Crippen LogP contribution in [0.5, 0.6) is 5.75 Å². The van der Waals surface area contributed by atoms with E-state index in [0.29, 0.717) is 21.2 Å². The highest BCUT2D eigenvalue weighted by molar-refractivity contribution is 7.90. The van der Waals surface area contributed by atoms with Crippen molar-refractivity contribution in [3.8, 4) is 16.9 Å². The van der Waals surface area contributed by atoms with Gasteiger partial charge in [-0.25, -0.2) is 13.2 Å². The van der Waals surface area contributed by atoms with Crippen LogP contribution in [0.2, 0.25) is 10.0 Å². The first kappa shape index (κ1) is 17.6. The number of carbonyl (C=O) groups is 1. The summed E-state index contributed by atoms with van der Waals surface area (Å²) in [6.45, 7) is -0.544. The zero-order valence-corrected chi connectivity index (χ0v) is 14.2. The van der Waals surface area contributed by atoms with E-state index in [-0.39, 0.29) is 10.6 Å². The summed E-state index contributed by atoms with van der Waals surface area (Å²) >= 11 is 12.1. The minimum atomic E-state index is -3.43. The normalized spacial score (nSPS) is 11.3. The van der Waals surface area contributed by atoms with E-state index < -0.39 is 22.4 Å². The molecule has 2 rings (SSSR count). The second-order valence-corrected chi connectivity index (χ2v) is 7.60. The molecule has 5 nitrogen and oxygen atoms in total. The molecule has 1 N–H and O–H groups in total. The second kappa shape index (κ2) is 6.78. The summed E-state index contributed by atoms with van der Waals surface area (Å²) in [5, 5.41) is 9.41. The fourth-order valence-corrected chi connectivity index (χ4v) is 2.96. The van der Waals surface area contributed by atoms with E-state index in [4.69, 9.17) is 33.0 Å². The van der Waals surface area contributed by atoms with Crippen molar-refractivity contribution in [1.82, 2.24) is 0 Å². The van der Waals surface area contributed by atoms with Crippen LogP contribution in [0.25, 0.3) is 11.1 Å². The number of sulfone groups is 1. The lowest BCUT2D eigenvalue weighted by Gasteiger charge is -2.13. The van der Waals surface area contributed by atoms with Crippen LogP contribution in [0.4, 0.5) is 0 Å². The molecule has 0 aromatic heterocycles. The summed E-state index contributed by atoms with van der Waals surface area (Å²) in [5.74, 6) is -0.897. The molecule has 0 spiro atoms. The summed E-state index contributed by atoms with van der Waals surface area (Å²) in [6, 6.07) is 8.82. The largest absolute Gasteiger partial charge is 0.481 e. The molecule has 0 saturated heterocycles. The maximum Gasteiger partial charge on any atom is 0.341 e. The topological polar surface area (TPSA) is 80.7 Å². The highest BCUT2D eigenvalue weighted by atomic mass is 35.5. The van der Waals surface area contributed by atoms with E-state index in [0.717, 1.165) is 6.26 Å². The van der Waals surface area contributed by atoms with Crippen molar-refractivity contribution in [2.24, 2.45) is 0 Å². The molecule has 8 heteroatoms. The third-order valence-electron chi connectivity index (χ3n) is 2.95. The van der Waals surface area contributed by atoms with Gasteiger partial charge in [0.05, 0.1) is 4.90 Å². The maximum atomic E-state index is 11.7. The molecule has 0 unspecified atom stereocenters. The average molecular weight is 375 g/mol. The van der Waals surface area contributed by atoms with Crippen LogP contribution < -0.4 is 4.74 Å². The lowest BCUT2D eigenvalue weighted by atomic mass is 10.0. The van der Waals surface area contributed by atoms with E-state index in [9.17, 15) is 13.2 Å². The molecule has 2 aromatic rings. The van der Waals surface area contributed by atoms with Gasteiger partial charge in [-0.3, -0.25) is 0 Å². The van der Waals surface area contributed by atoms with Crippen molar-refractivity contribution >= 4 is 39.0 Å². The first-order valence-corrected chi connectivity index (χ1v) is 8.97. The summed E-state index contributed by atoms with van der Waals surface area (Å²) in [6.07, 6.45) is 1.08. The van der Waals surface area contributed by atoms with Gasteiger partial charge in [0.1, 0.15) is 5.75 Å². The Morgan fingerprint density at radius 3 is 2.43 bits per heavy atom. The van der Waals surface area contributed by atoms with Gasteiger partial charge >= 0.3 is 5.97 Å². The number of carboxylic acids is 1. The number of benzene rings is 2. The van der Waals surface area contributed by atoms with E-state index in [1.165, 1.54) is 36.4 Å². The molecule has 0 saturated carbocycles. The van der Waals surface area contributed by atoms with Crippen molar-refractivity contribution < 1.29 is 23.1 Å². The first-order valence-electron chi connectivity index (χ1n) is 6.32. The lowest BCUT2D eigenvalue weighted by molar-refractivity contribution is -0.139. The first-order chi connectivity index (χ1) is 10.7. The van der Waals surface area contributed by atoms with Crippen LogP contribution in [0.1, 0.15) is 0 Å². The Hall–Kier alpha value is -1.76. The number of halogens is 2. The molecule has 2 aromatic carbocycles. The van der Waals surface area contributed by atoms with E-state index in [2.05, 4.69) is 0 Å². The molecular weight excluding hydrogens is 363 g/mol. The minimum absolute atomic E-state index is 0.0843. The van der Waals surface area contributed by atoms with E-state index in [1.54, 1.807) is 0 Å². The van der Waals surface area contributed by atoms with Crippen molar-refractivity contribution in [1.29, 1.82) is 0 Å². The predicted molar refractivity (Wildman–Crippen MR) is 88.1 cm³/mol. The van der Waals surface area contributed by atoms with Crippen LogP contribution in [-0.4, -0.2) is 32.4 Å². The van der Waals surface area contributed by atoms with Crippen LogP contribution in [0.15, 0.2) is 41.3 Å².